The second-order valence-electron chi connectivity index (χ2n) is 7.36. The molecular weight excluding hydrogens is 336 g/mol. The second-order valence-corrected chi connectivity index (χ2v) is 7.36. The van der Waals surface area contributed by atoms with E-state index in [-0.39, 0.29) is 17.0 Å². The smallest absolute Gasteiger partial charge is 0.265 e. The Labute approximate surface area is 150 Å². The molecule has 1 atom stereocenters. The Morgan fingerprint density at radius 1 is 1.27 bits per heavy atom. The Kier molecular flexibility index (Phi) is 4.11. The zero-order chi connectivity index (χ0) is 18.3. The van der Waals surface area contributed by atoms with E-state index in [1.165, 1.54) is 12.3 Å². The number of rotatable bonds is 4. The van der Waals surface area contributed by atoms with Gasteiger partial charge in [-0.25, -0.2) is 18.7 Å². The molecule has 0 radical (unpaired) electrons. The van der Waals surface area contributed by atoms with Gasteiger partial charge in [-0.15, -0.1) is 0 Å². The zero-order valence-corrected chi connectivity index (χ0v) is 14.7. The Morgan fingerprint density at radius 2 is 2.12 bits per heavy atom. The molecule has 1 aliphatic rings. The third-order valence-electron chi connectivity index (χ3n) is 4.99. The molecule has 4 rings (SSSR count). The van der Waals surface area contributed by atoms with Crippen molar-refractivity contribution in [2.24, 2.45) is 5.41 Å². The van der Waals surface area contributed by atoms with Gasteiger partial charge in [-0.1, -0.05) is 19.9 Å². The molecule has 0 spiro atoms. The van der Waals surface area contributed by atoms with E-state index in [9.17, 15) is 8.78 Å². The summed E-state index contributed by atoms with van der Waals surface area (Å²) >= 11 is 0. The van der Waals surface area contributed by atoms with Gasteiger partial charge >= 0.3 is 0 Å². The molecule has 26 heavy (non-hydrogen) atoms. The minimum Gasteiger partial charge on any atom is -0.365 e. The van der Waals surface area contributed by atoms with Crippen molar-refractivity contribution in [2.75, 3.05) is 18.4 Å². The Balaban J connectivity index is 1.68. The SMILES string of the molecule is CC1(C)CNC[C@@H]1Nc1cccc(-c2cnc3ccc(C(F)F)cn23)n1. The van der Waals surface area contributed by atoms with E-state index in [4.69, 9.17) is 0 Å². The summed E-state index contributed by atoms with van der Waals surface area (Å²) in [6.45, 7) is 6.26. The molecule has 0 saturated carbocycles. The molecule has 3 aromatic rings. The summed E-state index contributed by atoms with van der Waals surface area (Å²) in [6.07, 6.45) is 0.569. The monoisotopic (exact) mass is 357 g/mol. The number of fused-ring (bicyclic) bond motifs is 1. The molecular formula is C19H21F2N5. The summed E-state index contributed by atoms with van der Waals surface area (Å²) < 4.78 is 27.7. The zero-order valence-electron chi connectivity index (χ0n) is 14.7. The maximum Gasteiger partial charge on any atom is 0.265 e. The largest absolute Gasteiger partial charge is 0.365 e. The molecule has 0 aromatic carbocycles. The molecule has 1 fully saturated rings. The number of nitrogens with one attached hydrogen (secondary N) is 2. The first kappa shape index (κ1) is 16.9. The molecule has 0 unspecified atom stereocenters. The molecule has 136 valence electrons. The second kappa shape index (κ2) is 6.32. The first-order chi connectivity index (χ1) is 12.4. The summed E-state index contributed by atoms with van der Waals surface area (Å²) in [5.41, 5.74) is 2.09. The van der Waals surface area contributed by atoms with Crippen molar-refractivity contribution in [1.82, 2.24) is 19.7 Å². The molecule has 0 bridgehead atoms. The molecule has 0 amide bonds. The number of hydrogen-bond acceptors (Lipinski definition) is 4. The van der Waals surface area contributed by atoms with Crippen LogP contribution in [0.2, 0.25) is 0 Å². The van der Waals surface area contributed by atoms with Gasteiger partial charge < -0.3 is 10.6 Å². The minimum absolute atomic E-state index is 0.0372. The third-order valence-corrected chi connectivity index (χ3v) is 4.99. The summed E-state index contributed by atoms with van der Waals surface area (Å²) in [6, 6.07) is 8.97. The average Bonchev–Trinajstić information content (AvgIpc) is 3.18. The van der Waals surface area contributed by atoms with Crippen molar-refractivity contribution in [3.05, 3.63) is 48.3 Å². The van der Waals surface area contributed by atoms with Crippen LogP contribution >= 0.6 is 0 Å². The van der Waals surface area contributed by atoms with Crippen LogP contribution in [-0.2, 0) is 0 Å². The Morgan fingerprint density at radius 3 is 2.85 bits per heavy atom. The number of pyridine rings is 2. The molecule has 1 saturated heterocycles. The van der Waals surface area contributed by atoms with Crippen molar-refractivity contribution in [3.63, 3.8) is 0 Å². The minimum atomic E-state index is -2.52. The number of anilines is 1. The van der Waals surface area contributed by atoms with Crippen LogP contribution in [0, 0.1) is 5.41 Å². The maximum atomic E-state index is 13.0. The fraction of sp³-hybridized carbons (Fsp3) is 0.368. The maximum absolute atomic E-state index is 13.0. The number of imidazole rings is 1. The van der Waals surface area contributed by atoms with E-state index >= 15 is 0 Å². The Hall–Kier alpha value is -2.54. The highest BCUT2D eigenvalue weighted by atomic mass is 19.3. The molecule has 5 nitrogen and oxygen atoms in total. The van der Waals surface area contributed by atoms with Crippen LogP contribution in [0.3, 0.4) is 0 Å². The summed E-state index contributed by atoms with van der Waals surface area (Å²) in [7, 11) is 0. The van der Waals surface area contributed by atoms with E-state index in [1.54, 1.807) is 16.7 Å². The van der Waals surface area contributed by atoms with Crippen molar-refractivity contribution in [2.45, 2.75) is 26.3 Å². The van der Waals surface area contributed by atoms with Gasteiger partial charge in [0, 0.05) is 30.9 Å². The van der Waals surface area contributed by atoms with Crippen LogP contribution in [0.4, 0.5) is 14.6 Å². The van der Waals surface area contributed by atoms with Crippen molar-refractivity contribution in [1.29, 1.82) is 0 Å². The summed E-state index contributed by atoms with van der Waals surface area (Å²) in [4.78, 5) is 8.98. The molecule has 7 heteroatoms. The standard InChI is InChI=1S/C19H21F2N5/c1-19(2)11-22-9-15(19)25-16-5-3-4-13(24-16)14-8-23-17-7-6-12(18(20)21)10-26(14)17/h3-8,10,15,18,22H,9,11H2,1-2H3,(H,24,25)/t15-/m0/s1. The van der Waals surface area contributed by atoms with E-state index < -0.39 is 6.43 Å². The van der Waals surface area contributed by atoms with Gasteiger partial charge in [0.1, 0.15) is 11.5 Å². The quantitative estimate of drug-likeness (QED) is 0.747. The summed E-state index contributed by atoms with van der Waals surface area (Å²) in [5, 5.41) is 6.88. The lowest BCUT2D eigenvalue weighted by Crippen LogP contribution is -2.34. The first-order valence-electron chi connectivity index (χ1n) is 8.64. The van der Waals surface area contributed by atoms with Gasteiger partial charge in [-0.05, 0) is 29.7 Å². The number of hydrogen-bond donors (Lipinski definition) is 2. The van der Waals surface area contributed by atoms with Crippen LogP contribution in [0.25, 0.3) is 17.0 Å². The lowest BCUT2D eigenvalue weighted by atomic mass is 9.88. The van der Waals surface area contributed by atoms with Gasteiger partial charge in [0.05, 0.1) is 17.6 Å². The van der Waals surface area contributed by atoms with Crippen LogP contribution in [0.5, 0.6) is 0 Å². The number of aromatic nitrogens is 3. The molecule has 3 aromatic heterocycles. The van der Waals surface area contributed by atoms with Crippen molar-refractivity contribution in [3.8, 4) is 11.4 Å². The topological polar surface area (TPSA) is 54.2 Å². The van der Waals surface area contributed by atoms with Crippen LogP contribution < -0.4 is 10.6 Å². The van der Waals surface area contributed by atoms with Crippen LogP contribution in [0.1, 0.15) is 25.8 Å². The molecule has 2 N–H and O–H groups in total. The van der Waals surface area contributed by atoms with Gasteiger partial charge in [0.25, 0.3) is 6.43 Å². The highest BCUT2D eigenvalue weighted by Gasteiger charge is 2.34. The molecule has 1 aliphatic heterocycles. The van der Waals surface area contributed by atoms with E-state index in [2.05, 4.69) is 34.4 Å². The number of nitrogens with zero attached hydrogens (tertiary/aromatic N) is 3. The fourth-order valence-electron chi connectivity index (χ4n) is 3.34. The third kappa shape index (κ3) is 3.03. The predicted molar refractivity (Wildman–Crippen MR) is 97.4 cm³/mol. The van der Waals surface area contributed by atoms with E-state index in [1.807, 2.05) is 18.2 Å². The fourth-order valence-corrected chi connectivity index (χ4v) is 3.34. The van der Waals surface area contributed by atoms with Gasteiger partial charge in [0.15, 0.2) is 0 Å². The van der Waals surface area contributed by atoms with E-state index in [0.29, 0.717) is 17.0 Å². The van der Waals surface area contributed by atoms with Crippen LogP contribution in [0.15, 0.2) is 42.7 Å². The van der Waals surface area contributed by atoms with Crippen molar-refractivity contribution >= 4 is 11.5 Å². The highest BCUT2D eigenvalue weighted by molar-refractivity contribution is 5.62. The first-order valence-corrected chi connectivity index (χ1v) is 8.64. The lowest BCUT2D eigenvalue weighted by Gasteiger charge is -2.27. The van der Waals surface area contributed by atoms with Crippen LogP contribution in [-0.4, -0.2) is 33.5 Å². The van der Waals surface area contributed by atoms with Crippen molar-refractivity contribution < 1.29 is 8.78 Å². The number of halogens is 2. The normalized spacial score (nSPS) is 19.3. The molecule has 0 aliphatic carbocycles. The van der Waals surface area contributed by atoms with Gasteiger partial charge in [-0.2, -0.15) is 0 Å². The predicted octanol–water partition coefficient (Wildman–Crippen LogP) is 3.74. The molecule has 4 heterocycles. The Bertz CT molecular complexity index is 935. The number of alkyl halides is 2. The van der Waals surface area contributed by atoms with Gasteiger partial charge in [0.2, 0.25) is 0 Å². The average molecular weight is 357 g/mol. The highest BCUT2D eigenvalue weighted by Crippen LogP contribution is 2.28. The lowest BCUT2D eigenvalue weighted by molar-refractivity contribution is 0.151. The van der Waals surface area contributed by atoms with Gasteiger partial charge in [-0.3, -0.25) is 4.40 Å². The summed E-state index contributed by atoms with van der Waals surface area (Å²) in [5.74, 6) is 0.768. The van der Waals surface area contributed by atoms with E-state index in [0.717, 1.165) is 18.9 Å².